The van der Waals surface area contributed by atoms with Crippen LogP contribution in [-0.2, 0) is 110 Å². The van der Waals surface area contributed by atoms with Crippen molar-refractivity contribution in [2.75, 3.05) is 13.7 Å². The molecule has 11 aliphatic rings. The van der Waals surface area contributed by atoms with Crippen LogP contribution < -0.4 is 0 Å². The number of Topliss-reactive ketones (excluding diaryl/α,β-unsaturated/α-hetero) is 2. The zero-order chi connectivity index (χ0) is 81.3. The first-order valence-electron chi connectivity index (χ1n) is 38.9. The molecular formula is C83H134O23. The molecular weight excluding hydrogens is 1360 g/mol. The van der Waals surface area contributed by atoms with Gasteiger partial charge in [-0.15, -0.1) is 0 Å². The van der Waals surface area contributed by atoms with Crippen molar-refractivity contribution in [3.05, 3.63) is 0 Å². The molecule has 604 valence electrons. The van der Waals surface area contributed by atoms with Gasteiger partial charge in [0.25, 0.3) is 0 Å². The van der Waals surface area contributed by atoms with E-state index in [1.807, 2.05) is 138 Å². The topological polar surface area (TPSA) is 306 Å². The monoisotopic (exact) mass is 1500 g/mol. The van der Waals surface area contributed by atoms with Gasteiger partial charge < -0.3 is 52.1 Å². The number of ketones is 2. The summed E-state index contributed by atoms with van der Waals surface area (Å²) < 4.78 is 59.3. The first-order chi connectivity index (χ1) is 48.2. The smallest absolute Gasteiger partial charge is 0.312 e. The molecule has 0 spiro atoms. The lowest BCUT2D eigenvalue weighted by Crippen LogP contribution is -2.49. The first kappa shape index (κ1) is 90.6. The highest BCUT2D eigenvalue weighted by atomic mass is 16.6. The highest BCUT2D eigenvalue weighted by Gasteiger charge is 2.70. The van der Waals surface area contributed by atoms with Crippen LogP contribution in [-0.4, -0.2) is 144 Å². The van der Waals surface area contributed by atoms with Crippen LogP contribution in [0.4, 0.5) is 0 Å². The molecule has 0 aromatic rings. The Morgan fingerprint density at radius 3 is 1.35 bits per heavy atom. The van der Waals surface area contributed by atoms with E-state index in [0.717, 1.165) is 70.6 Å². The standard InChI is InChI=1S/C15H22O4.C14H20O4.C13H22O5.C13H22O4.C12H20O4.C9H16O.C7H12O/c1-5-14(2,3)13(17)19-15(4)8-6-9-10(7-8)12(16)18-11(9)15;1-4-14(2,3)13(16)18-10-7-5-8-9(6-7)12(15)17-11(8)10;1-6-12(2,3)11(15)17-9-7-10(14)18-13(9,4)8-16-5;1-7-11(2,3)10(15)17-13(6)8-9(14)16-12(13,4)5;1-6-11(2,3)10(14)15-8-7-9(13)16-12(8,4)5;1-8(2)5-7(10)9(3,4)6-8;1-7(2)5-3-4-6(7)8/h8-11H,5-7H2,1-4H3;7-11H,4-6H2,1-3H3;9H,6-8H2,1-5H3;7-8H2,1-6H3;8H,6-7H2,1-5H3;5-6H2,1-4H3;3-5H2,1-2H3. The van der Waals surface area contributed by atoms with Crippen LogP contribution >= 0.6 is 0 Å². The van der Waals surface area contributed by atoms with Gasteiger partial charge in [-0.05, 0) is 200 Å². The molecule has 0 aromatic carbocycles. The summed E-state index contributed by atoms with van der Waals surface area (Å²) in [7, 11) is 1.52. The molecule has 11 fully saturated rings. The highest BCUT2D eigenvalue weighted by molar-refractivity contribution is 5.87. The average molecular weight is 1500 g/mol. The maximum absolute atomic E-state index is 12.3. The van der Waals surface area contributed by atoms with E-state index in [1.165, 1.54) is 7.11 Å². The zero-order valence-electron chi connectivity index (χ0n) is 70.0. The summed E-state index contributed by atoms with van der Waals surface area (Å²) in [5, 5.41) is 0. The van der Waals surface area contributed by atoms with Crippen molar-refractivity contribution >= 4 is 71.3 Å². The molecule has 5 heterocycles. The Morgan fingerprint density at radius 2 is 0.943 bits per heavy atom. The van der Waals surface area contributed by atoms with Crippen LogP contribution in [0.2, 0.25) is 0 Å². The quantitative estimate of drug-likeness (QED) is 0.0965. The van der Waals surface area contributed by atoms with Gasteiger partial charge in [-0.25, -0.2) is 0 Å². The molecule has 0 aromatic heterocycles. The third-order valence-electron chi connectivity index (χ3n) is 25.6. The van der Waals surface area contributed by atoms with Crippen molar-refractivity contribution in [1.82, 2.24) is 0 Å². The highest BCUT2D eigenvalue weighted by Crippen LogP contribution is 2.61. The maximum atomic E-state index is 12.3. The molecule has 5 aliphatic heterocycles. The largest absolute Gasteiger partial charge is 0.458 e. The predicted molar refractivity (Wildman–Crippen MR) is 393 cm³/mol. The second kappa shape index (κ2) is 32.9. The molecule has 11 rings (SSSR count). The SMILES string of the molecule is CC1(C)CC(=O)C(C)(C)C1.CC1(C)CCCC1=O.CCC(C)(C)C(=O)OC1(C)C2CC3C(=O)OC1C3C2.CCC(C)(C)C(=O)OC1(C)CC(=O)OC1(C)C.CCC(C)(C)C(=O)OC1C2CC3C(=O)OC1C3C2.CCC(C)(C)C(=O)OC1CC(=O)OC1(C)C.CCC(C)(C)C(=O)OC1CC(=O)OC1(C)COC. The normalized spacial score (nSPS) is 32.3. The summed E-state index contributed by atoms with van der Waals surface area (Å²) >= 11 is 0. The van der Waals surface area contributed by atoms with Gasteiger partial charge in [-0.2, -0.15) is 0 Å². The molecule has 0 radical (unpaired) electrons. The van der Waals surface area contributed by atoms with Crippen LogP contribution in [0.15, 0.2) is 0 Å². The molecule has 4 bridgehead atoms. The van der Waals surface area contributed by atoms with E-state index in [4.69, 9.17) is 52.1 Å². The third-order valence-corrected chi connectivity index (χ3v) is 25.6. The first-order valence-corrected chi connectivity index (χ1v) is 38.9. The number of hydrogen-bond donors (Lipinski definition) is 0. The summed E-state index contributed by atoms with van der Waals surface area (Å²) in [5.41, 5.74) is -6.19. The molecule has 14 unspecified atom stereocenters. The van der Waals surface area contributed by atoms with Gasteiger partial charge >= 0.3 is 59.7 Å². The fraction of sp³-hybridized carbons (Fsp3) is 0.855. The lowest BCUT2D eigenvalue weighted by molar-refractivity contribution is -0.188. The van der Waals surface area contributed by atoms with Gasteiger partial charge in [-0.1, -0.05) is 76.2 Å². The summed E-state index contributed by atoms with van der Waals surface area (Å²) in [4.78, 5) is 140. The third kappa shape index (κ3) is 20.5. The van der Waals surface area contributed by atoms with Crippen LogP contribution in [0.5, 0.6) is 0 Å². The summed E-state index contributed by atoms with van der Waals surface area (Å²) in [6.45, 7) is 53.5. The van der Waals surface area contributed by atoms with Crippen molar-refractivity contribution in [3.63, 3.8) is 0 Å². The minimum Gasteiger partial charge on any atom is -0.458 e. The van der Waals surface area contributed by atoms with Gasteiger partial charge in [0.05, 0.1) is 64.8 Å². The summed E-state index contributed by atoms with van der Waals surface area (Å²) in [6, 6.07) is 0. The van der Waals surface area contributed by atoms with E-state index in [1.54, 1.807) is 41.5 Å². The number of methoxy groups -OCH3 is 1. The number of fused-ring (bicyclic) bond motifs is 2. The van der Waals surface area contributed by atoms with Crippen LogP contribution in [0.3, 0.4) is 0 Å². The van der Waals surface area contributed by atoms with Gasteiger partial charge in [0.2, 0.25) is 0 Å². The van der Waals surface area contributed by atoms with Gasteiger partial charge in [-0.3, -0.25) is 57.5 Å². The van der Waals surface area contributed by atoms with Crippen LogP contribution in [0.1, 0.15) is 303 Å². The van der Waals surface area contributed by atoms with E-state index in [9.17, 15) is 57.5 Å². The van der Waals surface area contributed by atoms with Gasteiger partial charge in [0.1, 0.15) is 46.7 Å². The van der Waals surface area contributed by atoms with Crippen molar-refractivity contribution in [2.24, 2.45) is 78.8 Å². The number of rotatable bonds is 17. The van der Waals surface area contributed by atoms with E-state index >= 15 is 0 Å². The Kier molecular flexibility index (Phi) is 28.1. The van der Waals surface area contributed by atoms with E-state index < -0.39 is 67.3 Å². The van der Waals surface area contributed by atoms with Crippen LogP contribution in [0, 0.1) is 78.8 Å². The number of cyclic esters (lactones) is 3. The summed E-state index contributed by atoms with van der Waals surface area (Å²) in [6.07, 6.45) is 10.7. The lowest BCUT2D eigenvalue weighted by Gasteiger charge is -2.38. The van der Waals surface area contributed by atoms with Crippen molar-refractivity contribution in [2.45, 2.75) is 362 Å². The molecule has 23 nitrogen and oxygen atoms in total. The van der Waals surface area contributed by atoms with Crippen LogP contribution in [0.25, 0.3) is 0 Å². The predicted octanol–water partition coefficient (Wildman–Crippen LogP) is 14.6. The van der Waals surface area contributed by atoms with Crippen molar-refractivity contribution in [3.8, 4) is 0 Å². The summed E-state index contributed by atoms with van der Waals surface area (Å²) in [5.74, 6) is -0.201. The second-order valence-corrected chi connectivity index (χ2v) is 38.6. The van der Waals surface area contributed by atoms with Gasteiger partial charge in [0, 0.05) is 54.5 Å². The molecule has 6 saturated carbocycles. The number of carbonyl (C=O) groups is 12. The molecule has 0 N–H and O–H groups in total. The minimum absolute atomic E-state index is 0.0139. The average Bonchev–Trinajstić information content (AvgIpc) is 1.55. The maximum Gasteiger partial charge on any atom is 0.312 e. The Morgan fingerprint density at radius 1 is 0.481 bits per heavy atom. The van der Waals surface area contributed by atoms with E-state index in [-0.39, 0.29) is 144 Å². The Labute approximate surface area is 632 Å². The van der Waals surface area contributed by atoms with E-state index in [0.29, 0.717) is 42.7 Å². The van der Waals surface area contributed by atoms with Gasteiger partial charge in [0.15, 0.2) is 23.4 Å². The van der Waals surface area contributed by atoms with E-state index in [2.05, 4.69) is 13.8 Å². The molecule has 5 saturated heterocycles. The second-order valence-electron chi connectivity index (χ2n) is 38.6. The Bertz CT molecular complexity index is 3270. The zero-order valence-corrected chi connectivity index (χ0v) is 70.0. The fourth-order valence-corrected chi connectivity index (χ4v) is 15.3. The molecule has 14 atom stereocenters. The number of carbonyl (C=O) groups excluding carboxylic acids is 12. The molecule has 106 heavy (non-hydrogen) atoms. The number of ether oxygens (including phenoxy) is 11. The molecule has 23 heteroatoms. The Balaban J connectivity index is 0.000000225. The number of hydrogen-bond acceptors (Lipinski definition) is 23. The molecule has 0 amide bonds. The minimum atomic E-state index is -0.884. The van der Waals surface area contributed by atoms with Crippen molar-refractivity contribution in [1.29, 1.82) is 0 Å². The fourth-order valence-electron chi connectivity index (χ4n) is 15.3. The Hall–Kier alpha value is -6.00. The number of esters is 10. The lowest BCUT2D eigenvalue weighted by atomic mass is 9.79. The van der Waals surface area contributed by atoms with Crippen molar-refractivity contribution < 1.29 is 110 Å². The molecule has 6 aliphatic carbocycles.